The summed E-state index contributed by atoms with van der Waals surface area (Å²) in [6, 6.07) is 0.878. The number of hydrogen-bond donors (Lipinski definition) is 1. The molecule has 0 aromatic heterocycles. The fraction of sp³-hybridized carbons (Fsp3) is 1.00. The molecule has 1 aliphatic carbocycles. The number of nitrogens with one attached hydrogen (secondary N) is 1. The monoisotopic (exact) mass is 125 g/mol. The number of fused-ring (bicyclic) bond motifs is 2. The molecule has 0 amide bonds. The number of piperidine rings is 1. The predicted octanol–water partition coefficient (Wildman–Crippen LogP) is 1.39. The van der Waals surface area contributed by atoms with Crippen LogP contribution in [0.15, 0.2) is 0 Å². The van der Waals surface area contributed by atoms with Crippen LogP contribution in [0, 0.1) is 11.8 Å². The van der Waals surface area contributed by atoms with Gasteiger partial charge in [-0.15, -0.1) is 0 Å². The van der Waals surface area contributed by atoms with Crippen molar-refractivity contribution in [2.45, 2.75) is 32.2 Å². The van der Waals surface area contributed by atoms with Gasteiger partial charge in [-0.1, -0.05) is 6.92 Å². The lowest BCUT2D eigenvalue weighted by atomic mass is 9.90. The summed E-state index contributed by atoms with van der Waals surface area (Å²) in [5.41, 5.74) is 0. The van der Waals surface area contributed by atoms with E-state index >= 15 is 0 Å². The maximum atomic E-state index is 3.56. The van der Waals surface area contributed by atoms with Crippen LogP contribution >= 0.6 is 0 Å². The summed E-state index contributed by atoms with van der Waals surface area (Å²) in [6.45, 7) is 3.67. The van der Waals surface area contributed by atoms with Gasteiger partial charge in [-0.2, -0.15) is 0 Å². The molecule has 1 saturated heterocycles. The first-order valence-electron chi connectivity index (χ1n) is 4.11. The van der Waals surface area contributed by atoms with Gasteiger partial charge in [0.15, 0.2) is 0 Å². The van der Waals surface area contributed by atoms with Crippen LogP contribution in [-0.2, 0) is 0 Å². The normalized spacial score (nSPS) is 49.7. The van der Waals surface area contributed by atoms with E-state index in [1.165, 1.54) is 25.8 Å². The van der Waals surface area contributed by atoms with E-state index in [1.54, 1.807) is 0 Å². The van der Waals surface area contributed by atoms with E-state index < -0.39 is 0 Å². The van der Waals surface area contributed by atoms with Crippen molar-refractivity contribution in [2.75, 3.05) is 6.54 Å². The summed E-state index contributed by atoms with van der Waals surface area (Å²) in [7, 11) is 0. The SMILES string of the molecule is CC1C2CCNC1CC2. The largest absolute Gasteiger partial charge is 0.314 e. The smallest absolute Gasteiger partial charge is 0.00954 e. The van der Waals surface area contributed by atoms with Gasteiger partial charge < -0.3 is 5.32 Å². The molecule has 1 heterocycles. The van der Waals surface area contributed by atoms with Crippen molar-refractivity contribution in [3.8, 4) is 0 Å². The second-order valence-corrected chi connectivity index (χ2v) is 3.55. The van der Waals surface area contributed by atoms with Crippen molar-refractivity contribution in [3.05, 3.63) is 0 Å². The first kappa shape index (κ1) is 5.72. The van der Waals surface area contributed by atoms with Gasteiger partial charge in [0.2, 0.25) is 0 Å². The third kappa shape index (κ3) is 0.787. The molecule has 2 rings (SSSR count). The van der Waals surface area contributed by atoms with Crippen molar-refractivity contribution in [1.82, 2.24) is 5.32 Å². The molecule has 9 heavy (non-hydrogen) atoms. The van der Waals surface area contributed by atoms with Gasteiger partial charge in [-0.05, 0) is 37.6 Å². The highest BCUT2D eigenvalue weighted by Gasteiger charge is 2.34. The van der Waals surface area contributed by atoms with Crippen LogP contribution in [0.2, 0.25) is 0 Å². The highest BCUT2D eigenvalue weighted by molar-refractivity contribution is 4.90. The summed E-state index contributed by atoms with van der Waals surface area (Å²) < 4.78 is 0. The molecule has 1 nitrogen and oxygen atoms in total. The van der Waals surface area contributed by atoms with Gasteiger partial charge in [-0.3, -0.25) is 0 Å². The Balaban J connectivity index is 2.10. The first-order valence-corrected chi connectivity index (χ1v) is 4.11. The maximum Gasteiger partial charge on any atom is 0.00954 e. The highest BCUT2D eigenvalue weighted by Crippen LogP contribution is 2.36. The Morgan fingerprint density at radius 2 is 2.11 bits per heavy atom. The van der Waals surface area contributed by atoms with E-state index in [-0.39, 0.29) is 0 Å². The molecule has 1 saturated carbocycles. The van der Waals surface area contributed by atoms with Crippen LogP contribution < -0.4 is 5.32 Å². The molecule has 1 heteroatoms. The summed E-state index contributed by atoms with van der Waals surface area (Å²) in [6.07, 6.45) is 4.35. The van der Waals surface area contributed by atoms with Crippen molar-refractivity contribution >= 4 is 0 Å². The van der Waals surface area contributed by atoms with Crippen LogP contribution in [0.25, 0.3) is 0 Å². The van der Waals surface area contributed by atoms with Crippen molar-refractivity contribution < 1.29 is 0 Å². The first-order chi connectivity index (χ1) is 4.38. The Bertz CT molecular complexity index is 95.1. The van der Waals surface area contributed by atoms with Gasteiger partial charge in [0, 0.05) is 6.04 Å². The quantitative estimate of drug-likeness (QED) is 0.516. The topological polar surface area (TPSA) is 12.0 Å². The lowest BCUT2D eigenvalue weighted by Crippen LogP contribution is -2.38. The average Bonchev–Trinajstić information content (AvgIpc) is 2.19. The van der Waals surface area contributed by atoms with Gasteiger partial charge in [0.05, 0.1) is 0 Å². The van der Waals surface area contributed by atoms with Crippen LogP contribution in [-0.4, -0.2) is 12.6 Å². The number of rotatable bonds is 0. The van der Waals surface area contributed by atoms with Crippen LogP contribution in [0.5, 0.6) is 0 Å². The third-order valence-corrected chi connectivity index (χ3v) is 3.15. The Labute approximate surface area is 56.8 Å². The molecule has 3 atom stereocenters. The minimum Gasteiger partial charge on any atom is -0.314 e. The second-order valence-electron chi connectivity index (χ2n) is 3.55. The second kappa shape index (κ2) is 1.98. The molecule has 2 aliphatic rings. The molecule has 0 aromatic carbocycles. The standard InChI is InChI=1S/C8H15N/c1-6-7-2-3-8(6)9-5-4-7/h6-9H,2-5H2,1H3. The van der Waals surface area contributed by atoms with E-state index in [9.17, 15) is 0 Å². The zero-order chi connectivity index (χ0) is 6.27. The minimum absolute atomic E-state index is 0.878. The summed E-state index contributed by atoms with van der Waals surface area (Å²) in [5.74, 6) is 2.04. The summed E-state index contributed by atoms with van der Waals surface area (Å²) in [5, 5.41) is 3.56. The highest BCUT2D eigenvalue weighted by atomic mass is 14.9. The van der Waals surface area contributed by atoms with E-state index in [0.29, 0.717) is 0 Å². The molecule has 0 radical (unpaired) electrons. The molecule has 2 fully saturated rings. The van der Waals surface area contributed by atoms with Crippen LogP contribution in [0.4, 0.5) is 0 Å². The molecule has 52 valence electrons. The van der Waals surface area contributed by atoms with Crippen molar-refractivity contribution in [2.24, 2.45) is 11.8 Å². The molecule has 0 aromatic rings. The number of hydrogen-bond acceptors (Lipinski definition) is 1. The molecule has 2 bridgehead atoms. The molecule has 1 N–H and O–H groups in total. The molecule has 1 aliphatic heterocycles. The fourth-order valence-electron chi connectivity index (χ4n) is 2.40. The Morgan fingerprint density at radius 3 is 2.78 bits per heavy atom. The Morgan fingerprint density at radius 1 is 1.22 bits per heavy atom. The summed E-state index contributed by atoms with van der Waals surface area (Å²) >= 11 is 0. The van der Waals surface area contributed by atoms with Gasteiger partial charge in [-0.25, -0.2) is 0 Å². The van der Waals surface area contributed by atoms with E-state index in [1.807, 2.05) is 0 Å². The van der Waals surface area contributed by atoms with Crippen LogP contribution in [0.3, 0.4) is 0 Å². The minimum atomic E-state index is 0.878. The van der Waals surface area contributed by atoms with Gasteiger partial charge in [0.25, 0.3) is 0 Å². The van der Waals surface area contributed by atoms with E-state index in [0.717, 1.165) is 17.9 Å². The lowest BCUT2D eigenvalue weighted by molar-refractivity contribution is 0.282. The van der Waals surface area contributed by atoms with Gasteiger partial charge >= 0.3 is 0 Å². The average molecular weight is 125 g/mol. The zero-order valence-electron chi connectivity index (χ0n) is 6.06. The molecular formula is C8H15N. The van der Waals surface area contributed by atoms with Crippen molar-refractivity contribution in [3.63, 3.8) is 0 Å². The molecule has 0 spiro atoms. The summed E-state index contributed by atoms with van der Waals surface area (Å²) in [4.78, 5) is 0. The maximum absolute atomic E-state index is 3.56. The predicted molar refractivity (Wildman–Crippen MR) is 38.3 cm³/mol. The molecular weight excluding hydrogens is 110 g/mol. The van der Waals surface area contributed by atoms with E-state index in [2.05, 4.69) is 12.2 Å². The van der Waals surface area contributed by atoms with Crippen molar-refractivity contribution in [1.29, 1.82) is 0 Å². The third-order valence-electron chi connectivity index (χ3n) is 3.15. The Hall–Kier alpha value is -0.0400. The van der Waals surface area contributed by atoms with Gasteiger partial charge in [0.1, 0.15) is 0 Å². The Kier molecular flexibility index (Phi) is 1.26. The van der Waals surface area contributed by atoms with E-state index in [4.69, 9.17) is 0 Å². The van der Waals surface area contributed by atoms with Crippen LogP contribution in [0.1, 0.15) is 26.2 Å². The molecule has 3 unspecified atom stereocenters. The lowest BCUT2D eigenvalue weighted by Gasteiger charge is -2.27. The fourth-order valence-corrected chi connectivity index (χ4v) is 2.40. The zero-order valence-corrected chi connectivity index (χ0v) is 6.06.